The van der Waals surface area contributed by atoms with E-state index in [9.17, 15) is 13.6 Å². The lowest BCUT2D eigenvalue weighted by Crippen LogP contribution is -2.41. The Morgan fingerprint density at radius 1 is 1.38 bits per heavy atom. The molecule has 0 bridgehead atoms. The molecule has 1 aliphatic rings. The van der Waals surface area contributed by atoms with Crippen LogP contribution in [0.3, 0.4) is 0 Å². The maximum atomic E-state index is 13.7. The number of aryl methyl sites for hydroxylation is 1. The quantitative estimate of drug-likeness (QED) is 0.927. The SMILES string of the molecule is Cc1cn2c(n1)CN(C(=O)C[C@H](N)Cc1cc(F)ccc1F)CC2. The fraction of sp³-hybridized carbons (Fsp3) is 0.412. The first-order valence-electron chi connectivity index (χ1n) is 7.92. The van der Waals surface area contributed by atoms with Crippen LogP contribution in [-0.4, -0.2) is 32.9 Å². The fourth-order valence-electron chi connectivity index (χ4n) is 3.02. The van der Waals surface area contributed by atoms with Gasteiger partial charge in [-0.1, -0.05) is 0 Å². The standard InChI is InChI=1S/C17H20F2N4O/c1-11-9-22-4-5-23(10-16(22)21-11)17(24)8-14(20)7-12-6-13(18)2-3-15(12)19/h2-3,6,9,14H,4-5,7-8,10,20H2,1H3/t14-/m1/s1. The molecule has 2 N–H and O–H groups in total. The summed E-state index contributed by atoms with van der Waals surface area (Å²) in [6.07, 6.45) is 2.18. The Morgan fingerprint density at radius 3 is 2.96 bits per heavy atom. The molecule has 0 saturated carbocycles. The molecule has 3 rings (SSSR count). The van der Waals surface area contributed by atoms with Crippen molar-refractivity contribution < 1.29 is 13.6 Å². The van der Waals surface area contributed by atoms with E-state index in [1.54, 1.807) is 4.90 Å². The molecule has 24 heavy (non-hydrogen) atoms. The Balaban J connectivity index is 1.59. The largest absolute Gasteiger partial charge is 0.333 e. The molecular weight excluding hydrogens is 314 g/mol. The summed E-state index contributed by atoms with van der Waals surface area (Å²) in [6.45, 7) is 3.67. The Bertz CT molecular complexity index is 759. The van der Waals surface area contributed by atoms with Gasteiger partial charge >= 0.3 is 0 Å². The highest BCUT2D eigenvalue weighted by Gasteiger charge is 2.23. The van der Waals surface area contributed by atoms with Crippen LogP contribution in [0.4, 0.5) is 8.78 Å². The van der Waals surface area contributed by atoms with Gasteiger partial charge < -0.3 is 15.2 Å². The topological polar surface area (TPSA) is 64.2 Å². The number of aromatic nitrogens is 2. The van der Waals surface area contributed by atoms with E-state index in [1.165, 1.54) is 0 Å². The normalized spacial score (nSPS) is 15.2. The Morgan fingerprint density at radius 2 is 2.17 bits per heavy atom. The summed E-state index contributed by atoms with van der Waals surface area (Å²) in [6, 6.07) is 2.71. The molecule has 7 heteroatoms. The minimum absolute atomic E-state index is 0.0915. The molecule has 0 aliphatic carbocycles. The van der Waals surface area contributed by atoms with E-state index in [4.69, 9.17) is 5.73 Å². The van der Waals surface area contributed by atoms with Gasteiger partial charge in [0, 0.05) is 31.7 Å². The zero-order valence-electron chi connectivity index (χ0n) is 13.5. The van der Waals surface area contributed by atoms with Gasteiger partial charge in [-0.15, -0.1) is 0 Å². The number of hydrogen-bond acceptors (Lipinski definition) is 3. The lowest BCUT2D eigenvalue weighted by molar-refractivity contribution is -0.133. The number of benzene rings is 1. The molecule has 1 aliphatic heterocycles. The van der Waals surface area contributed by atoms with E-state index < -0.39 is 17.7 Å². The maximum Gasteiger partial charge on any atom is 0.224 e. The third-order valence-electron chi connectivity index (χ3n) is 4.20. The van der Waals surface area contributed by atoms with E-state index in [0.29, 0.717) is 19.6 Å². The first kappa shape index (κ1) is 16.6. The molecular formula is C17H20F2N4O. The minimum Gasteiger partial charge on any atom is -0.333 e. The van der Waals surface area contributed by atoms with E-state index >= 15 is 0 Å². The van der Waals surface area contributed by atoms with Crippen molar-refractivity contribution in [3.05, 3.63) is 53.1 Å². The Hall–Kier alpha value is -2.28. The number of carbonyl (C=O) groups is 1. The van der Waals surface area contributed by atoms with Crippen LogP contribution in [0.25, 0.3) is 0 Å². The number of rotatable bonds is 4. The van der Waals surface area contributed by atoms with Crippen molar-refractivity contribution in [2.75, 3.05) is 6.54 Å². The summed E-state index contributed by atoms with van der Waals surface area (Å²) in [5.74, 6) is -0.249. The molecule has 1 atom stereocenters. The van der Waals surface area contributed by atoms with E-state index in [-0.39, 0.29) is 24.3 Å². The number of imidazole rings is 1. The molecule has 1 aromatic carbocycles. The molecule has 1 aromatic heterocycles. The summed E-state index contributed by atoms with van der Waals surface area (Å²) in [4.78, 5) is 18.5. The van der Waals surface area contributed by atoms with Gasteiger partial charge in [0.25, 0.3) is 0 Å². The number of nitrogens with zero attached hydrogens (tertiary/aromatic N) is 3. The first-order valence-corrected chi connectivity index (χ1v) is 7.92. The van der Waals surface area contributed by atoms with Gasteiger partial charge in [-0.05, 0) is 37.1 Å². The number of carbonyl (C=O) groups excluding carboxylic acids is 1. The number of amides is 1. The molecule has 2 heterocycles. The van der Waals surface area contributed by atoms with Crippen molar-refractivity contribution in [3.63, 3.8) is 0 Å². The lowest BCUT2D eigenvalue weighted by atomic mass is 10.0. The second-order valence-electron chi connectivity index (χ2n) is 6.21. The molecule has 0 unspecified atom stereocenters. The molecule has 2 aromatic rings. The lowest BCUT2D eigenvalue weighted by Gasteiger charge is -2.28. The van der Waals surface area contributed by atoms with Gasteiger partial charge in [0.05, 0.1) is 12.2 Å². The summed E-state index contributed by atoms with van der Waals surface area (Å²) in [5.41, 5.74) is 7.10. The maximum absolute atomic E-state index is 13.7. The summed E-state index contributed by atoms with van der Waals surface area (Å²) >= 11 is 0. The van der Waals surface area contributed by atoms with Crippen LogP contribution in [0.2, 0.25) is 0 Å². The molecule has 0 spiro atoms. The predicted molar refractivity (Wildman–Crippen MR) is 85.0 cm³/mol. The average molecular weight is 334 g/mol. The molecule has 0 fully saturated rings. The molecule has 128 valence electrons. The first-order chi connectivity index (χ1) is 11.4. The minimum atomic E-state index is -0.558. The smallest absolute Gasteiger partial charge is 0.224 e. The van der Waals surface area contributed by atoms with Crippen LogP contribution in [0.5, 0.6) is 0 Å². The van der Waals surface area contributed by atoms with Crippen molar-refractivity contribution in [1.29, 1.82) is 0 Å². The van der Waals surface area contributed by atoms with Gasteiger partial charge in [0.2, 0.25) is 5.91 Å². The van der Waals surface area contributed by atoms with Gasteiger partial charge in [-0.25, -0.2) is 13.8 Å². The number of halogens is 2. The zero-order valence-corrected chi connectivity index (χ0v) is 13.5. The van der Waals surface area contributed by atoms with Crippen molar-refractivity contribution in [1.82, 2.24) is 14.5 Å². The third-order valence-corrected chi connectivity index (χ3v) is 4.20. The predicted octanol–water partition coefficient (Wildman–Crippen LogP) is 1.77. The van der Waals surface area contributed by atoms with Crippen molar-refractivity contribution in [2.24, 2.45) is 5.73 Å². The monoisotopic (exact) mass is 334 g/mol. The molecule has 1 amide bonds. The number of fused-ring (bicyclic) bond motifs is 1. The fourth-order valence-corrected chi connectivity index (χ4v) is 3.02. The summed E-state index contributed by atoms with van der Waals surface area (Å²) in [5, 5.41) is 0. The van der Waals surface area contributed by atoms with Crippen LogP contribution >= 0.6 is 0 Å². The molecule has 0 saturated heterocycles. The Kier molecular flexibility index (Phi) is 4.62. The van der Waals surface area contributed by atoms with Crippen molar-refractivity contribution in [2.45, 2.75) is 38.9 Å². The second-order valence-corrected chi connectivity index (χ2v) is 6.21. The van der Waals surface area contributed by atoms with Crippen LogP contribution in [0, 0.1) is 18.6 Å². The molecule has 0 radical (unpaired) electrons. The highest BCUT2D eigenvalue weighted by atomic mass is 19.1. The van der Waals surface area contributed by atoms with Crippen LogP contribution in [0.1, 0.15) is 23.5 Å². The van der Waals surface area contributed by atoms with Gasteiger partial charge in [0.15, 0.2) is 0 Å². The number of hydrogen-bond donors (Lipinski definition) is 1. The van der Waals surface area contributed by atoms with Crippen LogP contribution in [-0.2, 0) is 24.3 Å². The Labute approximate surface area is 139 Å². The van der Waals surface area contributed by atoms with Crippen molar-refractivity contribution in [3.8, 4) is 0 Å². The second kappa shape index (κ2) is 6.68. The van der Waals surface area contributed by atoms with Crippen LogP contribution < -0.4 is 5.73 Å². The van der Waals surface area contributed by atoms with E-state index in [2.05, 4.69) is 4.98 Å². The zero-order chi connectivity index (χ0) is 17.3. The van der Waals surface area contributed by atoms with Crippen molar-refractivity contribution >= 4 is 5.91 Å². The summed E-state index contributed by atoms with van der Waals surface area (Å²) < 4.78 is 28.9. The summed E-state index contributed by atoms with van der Waals surface area (Å²) in [7, 11) is 0. The van der Waals surface area contributed by atoms with Gasteiger partial charge in [-0.3, -0.25) is 4.79 Å². The van der Waals surface area contributed by atoms with Gasteiger partial charge in [0.1, 0.15) is 17.5 Å². The van der Waals surface area contributed by atoms with E-state index in [1.807, 2.05) is 17.7 Å². The van der Waals surface area contributed by atoms with Crippen LogP contribution in [0.15, 0.2) is 24.4 Å². The number of nitrogens with two attached hydrogens (primary N) is 1. The molecule has 5 nitrogen and oxygen atoms in total. The third kappa shape index (κ3) is 3.62. The highest BCUT2D eigenvalue weighted by Crippen LogP contribution is 2.16. The highest BCUT2D eigenvalue weighted by molar-refractivity contribution is 5.76. The van der Waals surface area contributed by atoms with E-state index in [0.717, 1.165) is 29.7 Å². The average Bonchev–Trinajstić information content (AvgIpc) is 2.89. The van der Waals surface area contributed by atoms with Gasteiger partial charge in [-0.2, -0.15) is 0 Å².